The minimum absolute atomic E-state index is 0.0427. The normalized spacial score (nSPS) is 27.0. The first-order chi connectivity index (χ1) is 13.6. The van der Waals surface area contributed by atoms with E-state index in [0.717, 1.165) is 11.1 Å². The van der Waals surface area contributed by atoms with Gasteiger partial charge in [-0.1, -0.05) is 37.3 Å². The van der Waals surface area contributed by atoms with E-state index in [1.807, 2.05) is 60.4 Å². The Labute approximate surface area is 164 Å². The maximum Gasteiger partial charge on any atom is 0.237 e. The third-order valence-electron chi connectivity index (χ3n) is 6.09. The minimum Gasteiger partial charge on any atom is -0.337 e. The van der Waals surface area contributed by atoms with E-state index in [1.165, 1.54) is 0 Å². The number of benzene rings is 1. The van der Waals surface area contributed by atoms with Gasteiger partial charge in [-0.3, -0.25) is 14.6 Å². The lowest BCUT2D eigenvalue weighted by molar-refractivity contribution is -0.145. The number of rotatable bonds is 3. The van der Waals surface area contributed by atoms with E-state index in [0.29, 0.717) is 19.5 Å². The monoisotopic (exact) mass is 371 g/mol. The van der Waals surface area contributed by atoms with Gasteiger partial charge in [0.05, 0.1) is 11.0 Å². The molecule has 140 valence electrons. The molecule has 0 N–H and O–H groups in total. The Bertz CT molecular complexity index is 978. The van der Waals surface area contributed by atoms with Crippen LogP contribution in [0.5, 0.6) is 0 Å². The Morgan fingerprint density at radius 3 is 2.57 bits per heavy atom. The first kappa shape index (κ1) is 18.1. The van der Waals surface area contributed by atoms with Crippen molar-refractivity contribution in [2.45, 2.75) is 25.3 Å². The van der Waals surface area contributed by atoms with Crippen LogP contribution in [0.3, 0.4) is 0 Å². The molecule has 1 aliphatic heterocycles. The summed E-state index contributed by atoms with van der Waals surface area (Å²) in [6.07, 6.45) is 5.79. The predicted molar refractivity (Wildman–Crippen MR) is 104 cm³/mol. The molecule has 1 aliphatic carbocycles. The van der Waals surface area contributed by atoms with Crippen molar-refractivity contribution in [2.75, 3.05) is 6.54 Å². The molecule has 5 nitrogen and oxygen atoms in total. The number of nitriles is 1. The molecule has 4 rings (SSSR count). The Morgan fingerprint density at radius 1 is 1.18 bits per heavy atom. The van der Waals surface area contributed by atoms with E-state index < -0.39 is 5.41 Å². The number of hydrogen-bond donors (Lipinski definition) is 0. The molecular weight excluding hydrogens is 350 g/mol. The van der Waals surface area contributed by atoms with Gasteiger partial charge < -0.3 is 4.90 Å². The zero-order valence-corrected chi connectivity index (χ0v) is 15.7. The van der Waals surface area contributed by atoms with Crippen LogP contribution in [-0.2, 0) is 21.5 Å². The first-order valence-electron chi connectivity index (χ1n) is 9.49. The number of fused-ring (bicyclic) bond motifs is 1. The second kappa shape index (κ2) is 7.05. The van der Waals surface area contributed by atoms with Crippen molar-refractivity contribution in [1.29, 1.82) is 5.26 Å². The van der Waals surface area contributed by atoms with E-state index in [4.69, 9.17) is 0 Å². The molecular formula is C23H21N3O2. The van der Waals surface area contributed by atoms with Crippen LogP contribution in [0.2, 0.25) is 0 Å². The van der Waals surface area contributed by atoms with Crippen molar-refractivity contribution in [3.8, 4) is 6.07 Å². The zero-order valence-electron chi connectivity index (χ0n) is 15.7. The summed E-state index contributed by atoms with van der Waals surface area (Å²) in [5.41, 5.74) is 0.961. The van der Waals surface area contributed by atoms with Crippen LogP contribution in [0.15, 0.2) is 66.5 Å². The van der Waals surface area contributed by atoms with Gasteiger partial charge in [0, 0.05) is 31.4 Å². The average Bonchev–Trinajstić information content (AvgIpc) is 2.74. The van der Waals surface area contributed by atoms with Crippen molar-refractivity contribution in [3.63, 3.8) is 0 Å². The van der Waals surface area contributed by atoms with Gasteiger partial charge in [-0.05, 0) is 41.7 Å². The molecule has 2 aromatic rings. The summed E-state index contributed by atoms with van der Waals surface area (Å²) in [4.78, 5) is 32.4. The second-order valence-electron chi connectivity index (χ2n) is 7.54. The van der Waals surface area contributed by atoms with Gasteiger partial charge in [0.1, 0.15) is 6.07 Å². The van der Waals surface area contributed by atoms with Crippen LogP contribution >= 0.6 is 0 Å². The number of hydrogen-bond acceptors (Lipinski definition) is 4. The molecule has 1 fully saturated rings. The number of allylic oxidation sites excluding steroid dienone is 1. The smallest absolute Gasteiger partial charge is 0.237 e. The van der Waals surface area contributed by atoms with Gasteiger partial charge in [0.2, 0.25) is 5.91 Å². The van der Waals surface area contributed by atoms with E-state index >= 15 is 0 Å². The SMILES string of the molecule is C[C@H]1C(=O)C(C#N)=C[C@@]2(c3ccccc3)C(=O)N(Cc3ccncc3)CC[C@H]12. The molecule has 1 aromatic carbocycles. The summed E-state index contributed by atoms with van der Waals surface area (Å²) in [6.45, 7) is 2.93. The van der Waals surface area contributed by atoms with Crippen LogP contribution in [0.1, 0.15) is 24.5 Å². The number of carbonyl (C=O) groups is 2. The fourth-order valence-corrected chi connectivity index (χ4v) is 4.67. The predicted octanol–water partition coefficient (Wildman–Crippen LogP) is 3.04. The fourth-order valence-electron chi connectivity index (χ4n) is 4.67. The first-order valence-corrected chi connectivity index (χ1v) is 9.49. The Kier molecular flexibility index (Phi) is 4.56. The highest BCUT2D eigenvalue weighted by Gasteiger charge is 2.56. The van der Waals surface area contributed by atoms with Crippen LogP contribution in [-0.4, -0.2) is 28.1 Å². The Hall–Kier alpha value is -3.26. The summed E-state index contributed by atoms with van der Waals surface area (Å²) in [7, 11) is 0. The molecule has 0 radical (unpaired) electrons. The summed E-state index contributed by atoms with van der Waals surface area (Å²) < 4.78 is 0. The van der Waals surface area contributed by atoms with Crippen LogP contribution < -0.4 is 0 Å². The molecule has 0 spiro atoms. The Morgan fingerprint density at radius 2 is 1.89 bits per heavy atom. The van der Waals surface area contributed by atoms with Gasteiger partial charge in [-0.15, -0.1) is 0 Å². The van der Waals surface area contributed by atoms with E-state index in [9.17, 15) is 14.9 Å². The molecule has 28 heavy (non-hydrogen) atoms. The summed E-state index contributed by atoms with van der Waals surface area (Å²) in [5.74, 6) is -0.721. The standard InChI is InChI=1S/C23H21N3O2/c1-16-20-9-12-26(15-17-7-10-25-11-8-17)22(28)23(20,13-18(14-24)21(16)27)19-5-3-2-4-6-19/h2-8,10-11,13,16,20H,9,12,15H2,1H3/t16-,20-,23+/m1/s1. The highest BCUT2D eigenvalue weighted by molar-refractivity contribution is 6.06. The quantitative estimate of drug-likeness (QED) is 0.831. The van der Waals surface area contributed by atoms with Crippen molar-refractivity contribution >= 4 is 11.7 Å². The number of amides is 1. The van der Waals surface area contributed by atoms with Crippen molar-refractivity contribution < 1.29 is 9.59 Å². The molecule has 1 amide bonds. The number of nitrogens with zero attached hydrogens (tertiary/aromatic N) is 3. The molecule has 2 heterocycles. The van der Waals surface area contributed by atoms with E-state index in [1.54, 1.807) is 18.5 Å². The lowest BCUT2D eigenvalue weighted by atomic mass is 9.57. The number of ketones is 1. The number of aromatic nitrogens is 1. The third kappa shape index (κ3) is 2.73. The highest BCUT2D eigenvalue weighted by atomic mass is 16.2. The second-order valence-corrected chi connectivity index (χ2v) is 7.54. The summed E-state index contributed by atoms with van der Waals surface area (Å²) >= 11 is 0. The number of carbonyl (C=O) groups excluding carboxylic acids is 2. The third-order valence-corrected chi connectivity index (χ3v) is 6.09. The number of pyridine rings is 1. The minimum atomic E-state index is -0.981. The van der Waals surface area contributed by atoms with Crippen LogP contribution in [0.25, 0.3) is 0 Å². The molecule has 0 saturated carbocycles. The number of piperidine rings is 1. The van der Waals surface area contributed by atoms with Crippen LogP contribution in [0, 0.1) is 23.2 Å². The molecule has 0 bridgehead atoms. The molecule has 5 heteroatoms. The summed E-state index contributed by atoms with van der Waals surface area (Å²) in [6, 6.07) is 15.4. The van der Waals surface area contributed by atoms with Gasteiger partial charge >= 0.3 is 0 Å². The van der Waals surface area contributed by atoms with E-state index in [2.05, 4.69) is 4.98 Å². The maximum absolute atomic E-state index is 13.8. The molecule has 2 aliphatic rings. The van der Waals surface area contributed by atoms with Crippen LogP contribution in [0.4, 0.5) is 0 Å². The van der Waals surface area contributed by atoms with Gasteiger partial charge in [-0.25, -0.2) is 0 Å². The van der Waals surface area contributed by atoms with Gasteiger partial charge in [0.25, 0.3) is 0 Å². The maximum atomic E-state index is 13.8. The average molecular weight is 371 g/mol. The largest absolute Gasteiger partial charge is 0.337 e. The van der Waals surface area contributed by atoms with Gasteiger partial charge in [-0.2, -0.15) is 5.26 Å². The fraction of sp³-hybridized carbons (Fsp3) is 0.304. The molecule has 1 saturated heterocycles. The molecule has 3 atom stereocenters. The zero-order chi connectivity index (χ0) is 19.7. The number of likely N-dealkylation sites (tertiary alicyclic amines) is 1. The molecule has 1 aromatic heterocycles. The topological polar surface area (TPSA) is 74.1 Å². The number of Topliss-reactive ketones (excluding diaryl/α,β-unsaturated/α-hetero) is 1. The highest BCUT2D eigenvalue weighted by Crippen LogP contribution is 2.49. The lowest BCUT2D eigenvalue weighted by Gasteiger charge is -2.49. The van der Waals surface area contributed by atoms with E-state index in [-0.39, 0.29) is 29.1 Å². The van der Waals surface area contributed by atoms with Gasteiger partial charge in [0.15, 0.2) is 5.78 Å². The Balaban J connectivity index is 1.84. The molecule has 0 unspecified atom stereocenters. The van der Waals surface area contributed by atoms with Crippen molar-refractivity contribution in [3.05, 3.63) is 77.6 Å². The lowest BCUT2D eigenvalue weighted by Crippen LogP contribution is -2.59. The summed E-state index contributed by atoms with van der Waals surface area (Å²) in [5, 5.41) is 9.55. The van der Waals surface area contributed by atoms with Crippen molar-refractivity contribution in [1.82, 2.24) is 9.88 Å². The van der Waals surface area contributed by atoms with Crippen molar-refractivity contribution in [2.24, 2.45) is 11.8 Å².